The quantitative estimate of drug-likeness (QED) is 0.665. The summed E-state index contributed by atoms with van der Waals surface area (Å²) in [5, 5.41) is 8.55. The first-order chi connectivity index (χ1) is 5.09. The molecule has 1 aliphatic carbocycles. The smallest absolute Gasteiger partial charge is 0.303 e. The summed E-state index contributed by atoms with van der Waals surface area (Å²) >= 11 is 0. The lowest BCUT2D eigenvalue weighted by Crippen LogP contribution is -2.03. The van der Waals surface area contributed by atoms with Crippen LogP contribution in [-0.4, -0.2) is 11.1 Å². The highest BCUT2D eigenvalue weighted by Gasteiger charge is 2.29. The van der Waals surface area contributed by atoms with E-state index in [1.165, 1.54) is 0 Å². The monoisotopic (exact) mass is 156 g/mol. The molecular formula is C9H16O2. The molecule has 1 aliphatic rings. The average Bonchev–Trinajstić information content (AvgIpc) is 2.10. The first-order valence-corrected chi connectivity index (χ1v) is 4.31. The van der Waals surface area contributed by atoms with E-state index in [1.807, 2.05) is 0 Å². The molecule has 0 heterocycles. The Balaban J connectivity index is 2.35. The number of carboxylic acid groups (broad SMARTS) is 1. The maximum atomic E-state index is 10.4. The van der Waals surface area contributed by atoms with Gasteiger partial charge in [0.2, 0.25) is 0 Å². The highest BCUT2D eigenvalue weighted by atomic mass is 16.4. The summed E-state index contributed by atoms with van der Waals surface area (Å²) < 4.78 is 0. The lowest BCUT2D eigenvalue weighted by molar-refractivity contribution is -0.138. The van der Waals surface area contributed by atoms with Crippen LogP contribution in [0.4, 0.5) is 0 Å². The second-order valence-electron chi connectivity index (χ2n) is 3.89. The molecule has 0 aromatic carbocycles. The molecule has 11 heavy (non-hydrogen) atoms. The SMILES string of the molecule is CC1CC(CC(=O)O)CC1C. The third-order valence-electron chi connectivity index (χ3n) is 2.84. The van der Waals surface area contributed by atoms with Gasteiger partial charge in [-0.15, -0.1) is 0 Å². The fourth-order valence-electron chi connectivity index (χ4n) is 2.03. The molecule has 1 saturated carbocycles. The van der Waals surface area contributed by atoms with Crippen molar-refractivity contribution in [3.8, 4) is 0 Å². The second kappa shape index (κ2) is 3.24. The Morgan fingerprint density at radius 1 is 1.36 bits per heavy atom. The van der Waals surface area contributed by atoms with Gasteiger partial charge in [-0.05, 0) is 30.6 Å². The number of hydrogen-bond donors (Lipinski definition) is 1. The van der Waals surface area contributed by atoms with Gasteiger partial charge < -0.3 is 5.11 Å². The van der Waals surface area contributed by atoms with Crippen molar-refractivity contribution in [3.63, 3.8) is 0 Å². The van der Waals surface area contributed by atoms with Gasteiger partial charge in [-0.25, -0.2) is 0 Å². The molecule has 0 aromatic heterocycles. The minimum Gasteiger partial charge on any atom is -0.481 e. The van der Waals surface area contributed by atoms with Gasteiger partial charge in [0, 0.05) is 6.42 Å². The topological polar surface area (TPSA) is 37.3 Å². The summed E-state index contributed by atoms with van der Waals surface area (Å²) in [5.74, 6) is 1.24. The van der Waals surface area contributed by atoms with Crippen molar-refractivity contribution in [1.82, 2.24) is 0 Å². The van der Waals surface area contributed by atoms with Gasteiger partial charge in [0.1, 0.15) is 0 Å². The molecule has 0 radical (unpaired) electrons. The van der Waals surface area contributed by atoms with E-state index in [2.05, 4.69) is 13.8 Å². The van der Waals surface area contributed by atoms with Crippen molar-refractivity contribution < 1.29 is 9.90 Å². The Morgan fingerprint density at radius 2 is 1.82 bits per heavy atom. The molecule has 2 heteroatoms. The number of carboxylic acids is 1. The van der Waals surface area contributed by atoms with E-state index in [1.54, 1.807) is 0 Å². The maximum Gasteiger partial charge on any atom is 0.303 e. The lowest BCUT2D eigenvalue weighted by Gasteiger charge is -2.04. The Labute approximate surface area is 67.6 Å². The van der Waals surface area contributed by atoms with Crippen molar-refractivity contribution in [3.05, 3.63) is 0 Å². The molecule has 2 nitrogen and oxygen atoms in total. The summed E-state index contributed by atoms with van der Waals surface area (Å²) in [7, 11) is 0. The highest BCUT2D eigenvalue weighted by molar-refractivity contribution is 5.67. The van der Waals surface area contributed by atoms with E-state index in [0.717, 1.165) is 24.7 Å². The lowest BCUT2D eigenvalue weighted by atomic mass is 10.0. The first-order valence-electron chi connectivity index (χ1n) is 4.31. The third-order valence-corrected chi connectivity index (χ3v) is 2.84. The number of hydrogen-bond acceptors (Lipinski definition) is 1. The zero-order valence-corrected chi connectivity index (χ0v) is 7.21. The van der Waals surface area contributed by atoms with Crippen LogP contribution in [0.25, 0.3) is 0 Å². The molecule has 1 fully saturated rings. The van der Waals surface area contributed by atoms with Crippen molar-refractivity contribution in [2.45, 2.75) is 33.1 Å². The van der Waals surface area contributed by atoms with Gasteiger partial charge >= 0.3 is 5.97 Å². The summed E-state index contributed by atoms with van der Waals surface area (Å²) in [6, 6.07) is 0. The predicted molar refractivity (Wildman–Crippen MR) is 43.3 cm³/mol. The summed E-state index contributed by atoms with van der Waals surface area (Å²) in [6.45, 7) is 4.43. The van der Waals surface area contributed by atoms with E-state index in [9.17, 15) is 4.79 Å². The number of carbonyl (C=O) groups is 1. The fraction of sp³-hybridized carbons (Fsp3) is 0.889. The Kier molecular flexibility index (Phi) is 2.53. The van der Waals surface area contributed by atoms with Crippen LogP contribution in [0.3, 0.4) is 0 Å². The molecule has 2 unspecified atom stereocenters. The molecule has 64 valence electrons. The maximum absolute atomic E-state index is 10.4. The second-order valence-corrected chi connectivity index (χ2v) is 3.89. The van der Waals surface area contributed by atoms with Crippen LogP contribution in [0.15, 0.2) is 0 Å². The zero-order valence-electron chi connectivity index (χ0n) is 7.21. The first kappa shape index (κ1) is 8.57. The van der Waals surface area contributed by atoms with Gasteiger partial charge in [-0.3, -0.25) is 4.79 Å². The van der Waals surface area contributed by atoms with Crippen LogP contribution in [0.5, 0.6) is 0 Å². The van der Waals surface area contributed by atoms with Crippen molar-refractivity contribution in [1.29, 1.82) is 0 Å². The van der Waals surface area contributed by atoms with E-state index in [4.69, 9.17) is 5.11 Å². The Bertz CT molecular complexity index is 144. The van der Waals surface area contributed by atoms with Gasteiger partial charge in [-0.1, -0.05) is 13.8 Å². The van der Waals surface area contributed by atoms with E-state index >= 15 is 0 Å². The van der Waals surface area contributed by atoms with E-state index < -0.39 is 5.97 Å². The summed E-state index contributed by atoms with van der Waals surface area (Å²) in [5.41, 5.74) is 0. The molecule has 0 aromatic rings. The number of aliphatic carboxylic acids is 1. The minimum atomic E-state index is -0.642. The minimum absolute atomic E-state index is 0.370. The number of rotatable bonds is 2. The van der Waals surface area contributed by atoms with Crippen LogP contribution in [0.2, 0.25) is 0 Å². The predicted octanol–water partition coefficient (Wildman–Crippen LogP) is 2.14. The van der Waals surface area contributed by atoms with E-state index in [0.29, 0.717) is 12.3 Å². The molecule has 2 atom stereocenters. The van der Waals surface area contributed by atoms with Crippen LogP contribution >= 0.6 is 0 Å². The molecule has 1 rings (SSSR count). The summed E-state index contributed by atoms with van der Waals surface area (Å²) in [4.78, 5) is 10.4. The fourth-order valence-corrected chi connectivity index (χ4v) is 2.03. The van der Waals surface area contributed by atoms with Crippen LogP contribution in [0, 0.1) is 17.8 Å². The molecule has 0 aliphatic heterocycles. The van der Waals surface area contributed by atoms with Crippen molar-refractivity contribution >= 4 is 5.97 Å². The molecule has 0 saturated heterocycles. The molecule has 0 amide bonds. The Morgan fingerprint density at radius 3 is 2.18 bits per heavy atom. The molecule has 0 bridgehead atoms. The molecule has 0 spiro atoms. The molecule has 1 N–H and O–H groups in total. The van der Waals surface area contributed by atoms with Gasteiger partial charge in [-0.2, -0.15) is 0 Å². The highest BCUT2D eigenvalue weighted by Crippen LogP contribution is 2.37. The largest absolute Gasteiger partial charge is 0.481 e. The van der Waals surface area contributed by atoms with Crippen LogP contribution < -0.4 is 0 Å². The van der Waals surface area contributed by atoms with Gasteiger partial charge in [0.15, 0.2) is 0 Å². The third kappa shape index (κ3) is 2.21. The van der Waals surface area contributed by atoms with Crippen molar-refractivity contribution in [2.24, 2.45) is 17.8 Å². The molecular weight excluding hydrogens is 140 g/mol. The van der Waals surface area contributed by atoms with Gasteiger partial charge in [0.25, 0.3) is 0 Å². The van der Waals surface area contributed by atoms with Crippen molar-refractivity contribution in [2.75, 3.05) is 0 Å². The van der Waals surface area contributed by atoms with E-state index in [-0.39, 0.29) is 0 Å². The van der Waals surface area contributed by atoms with Crippen LogP contribution in [-0.2, 0) is 4.79 Å². The van der Waals surface area contributed by atoms with Crippen LogP contribution in [0.1, 0.15) is 33.1 Å². The summed E-state index contributed by atoms with van der Waals surface area (Å²) in [6.07, 6.45) is 2.58. The Hall–Kier alpha value is -0.530. The van der Waals surface area contributed by atoms with Gasteiger partial charge in [0.05, 0.1) is 0 Å². The standard InChI is InChI=1S/C9H16O2/c1-6-3-8(4-7(6)2)5-9(10)11/h6-8H,3-5H2,1-2H3,(H,10,11). The average molecular weight is 156 g/mol. The normalized spacial score (nSPS) is 37.5. The zero-order chi connectivity index (χ0) is 8.43.